The number of carboxylic acids is 1. The molecule has 0 saturated heterocycles. The van der Waals surface area contributed by atoms with E-state index in [9.17, 15) is 19.4 Å². The number of aromatic carboxylic acids is 1. The van der Waals surface area contributed by atoms with Crippen molar-refractivity contribution in [3.05, 3.63) is 35.1 Å². The predicted octanol–water partition coefficient (Wildman–Crippen LogP) is 0.301. The zero-order valence-electron chi connectivity index (χ0n) is 8.88. The molecule has 1 aromatic rings. The van der Waals surface area contributed by atoms with Gasteiger partial charge in [0.15, 0.2) is 0 Å². The fourth-order valence-corrected chi connectivity index (χ4v) is 1.40. The fourth-order valence-electron chi connectivity index (χ4n) is 1.40. The second-order valence-corrected chi connectivity index (χ2v) is 3.57. The van der Waals surface area contributed by atoms with Crippen molar-refractivity contribution in [2.24, 2.45) is 0 Å². The third kappa shape index (κ3) is 3.23. The normalized spacial score (nSPS) is 14.4. The largest absolute Gasteiger partial charge is 0.478 e. The van der Waals surface area contributed by atoms with Gasteiger partial charge in [-0.25, -0.2) is 9.18 Å². The summed E-state index contributed by atoms with van der Waals surface area (Å²) in [5.41, 5.74) is -0.439. The lowest BCUT2D eigenvalue weighted by Crippen LogP contribution is -2.19. The van der Waals surface area contributed by atoms with E-state index in [0.717, 1.165) is 12.1 Å². The Morgan fingerprint density at radius 1 is 1.35 bits per heavy atom. The first-order valence-electron chi connectivity index (χ1n) is 4.97. The summed E-state index contributed by atoms with van der Waals surface area (Å²) in [6.07, 6.45) is -2.64. The first-order valence-corrected chi connectivity index (χ1v) is 4.97. The van der Waals surface area contributed by atoms with Crippen molar-refractivity contribution >= 4 is 5.97 Å². The van der Waals surface area contributed by atoms with Crippen LogP contribution in [0.4, 0.5) is 4.39 Å². The monoisotopic (exact) mass is 244 g/mol. The number of aliphatic hydroxyl groups is 3. The van der Waals surface area contributed by atoms with Crippen molar-refractivity contribution in [2.75, 3.05) is 6.61 Å². The van der Waals surface area contributed by atoms with Gasteiger partial charge in [0.05, 0.1) is 11.7 Å². The van der Waals surface area contributed by atoms with Crippen molar-refractivity contribution in [3.8, 4) is 0 Å². The molecule has 0 aromatic heterocycles. The molecule has 0 spiro atoms. The van der Waals surface area contributed by atoms with Crippen LogP contribution in [-0.2, 0) is 0 Å². The molecule has 0 fully saturated rings. The lowest BCUT2D eigenvalue weighted by molar-refractivity contribution is 0.00406. The van der Waals surface area contributed by atoms with E-state index in [1.165, 1.54) is 6.07 Å². The maximum atomic E-state index is 13.3. The van der Waals surface area contributed by atoms with E-state index in [1.54, 1.807) is 0 Å². The number of halogens is 1. The van der Waals surface area contributed by atoms with Crippen molar-refractivity contribution in [3.63, 3.8) is 0 Å². The number of carbonyl (C=O) groups is 1. The average Bonchev–Trinajstić information content (AvgIpc) is 2.27. The molecule has 0 amide bonds. The molecule has 0 aliphatic heterocycles. The minimum atomic E-state index is -1.40. The van der Waals surface area contributed by atoms with Gasteiger partial charge in [0, 0.05) is 6.61 Å². The summed E-state index contributed by atoms with van der Waals surface area (Å²) in [7, 11) is 0. The van der Waals surface area contributed by atoms with E-state index in [0.29, 0.717) is 0 Å². The predicted molar refractivity (Wildman–Crippen MR) is 56.0 cm³/mol. The molecule has 0 aliphatic carbocycles. The van der Waals surface area contributed by atoms with Gasteiger partial charge in [0.2, 0.25) is 0 Å². The SMILES string of the molecule is O=C(O)c1ccc(C(O)C(O)CCO)cc1F. The Labute approximate surface area is 96.8 Å². The highest BCUT2D eigenvalue weighted by Gasteiger charge is 2.20. The molecular weight excluding hydrogens is 231 g/mol. The van der Waals surface area contributed by atoms with Gasteiger partial charge in [-0.05, 0) is 24.1 Å². The highest BCUT2D eigenvalue weighted by Crippen LogP contribution is 2.21. The number of rotatable bonds is 5. The molecule has 94 valence electrons. The van der Waals surface area contributed by atoms with Gasteiger partial charge >= 0.3 is 5.97 Å². The Hall–Kier alpha value is -1.50. The Kier molecular flexibility index (Phi) is 4.56. The molecule has 1 rings (SSSR count). The molecule has 0 bridgehead atoms. The van der Waals surface area contributed by atoms with Gasteiger partial charge in [-0.1, -0.05) is 6.07 Å². The van der Waals surface area contributed by atoms with E-state index in [-0.39, 0.29) is 18.6 Å². The van der Waals surface area contributed by atoms with Crippen LogP contribution >= 0.6 is 0 Å². The van der Waals surface area contributed by atoms with Crippen molar-refractivity contribution in [1.29, 1.82) is 0 Å². The number of benzene rings is 1. The third-order valence-corrected chi connectivity index (χ3v) is 2.35. The van der Waals surface area contributed by atoms with Crippen LogP contribution in [-0.4, -0.2) is 39.1 Å². The van der Waals surface area contributed by atoms with Gasteiger partial charge in [-0.3, -0.25) is 0 Å². The first kappa shape index (κ1) is 13.6. The van der Waals surface area contributed by atoms with Gasteiger partial charge in [-0.15, -0.1) is 0 Å². The summed E-state index contributed by atoms with van der Waals surface area (Å²) >= 11 is 0. The van der Waals surface area contributed by atoms with Crippen LogP contribution in [0.15, 0.2) is 18.2 Å². The highest BCUT2D eigenvalue weighted by atomic mass is 19.1. The zero-order valence-corrected chi connectivity index (χ0v) is 8.88. The van der Waals surface area contributed by atoms with Crippen LogP contribution in [0, 0.1) is 5.82 Å². The Balaban J connectivity index is 2.93. The molecule has 2 atom stereocenters. The molecule has 0 radical (unpaired) electrons. The van der Waals surface area contributed by atoms with E-state index < -0.39 is 29.6 Å². The average molecular weight is 244 g/mol. The van der Waals surface area contributed by atoms with Crippen LogP contribution in [0.1, 0.15) is 28.4 Å². The highest BCUT2D eigenvalue weighted by molar-refractivity contribution is 5.87. The maximum Gasteiger partial charge on any atom is 0.338 e. The Morgan fingerprint density at radius 2 is 2.00 bits per heavy atom. The third-order valence-electron chi connectivity index (χ3n) is 2.35. The number of aliphatic hydroxyl groups excluding tert-OH is 3. The van der Waals surface area contributed by atoms with Crippen LogP contribution in [0.5, 0.6) is 0 Å². The first-order chi connectivity index (χ1) is 7.97. The molecule has 17 heavy (non-hydrogen) atoms. The Bertz CT molecular complexity index is 407. The summed E-state index contributed by atoms with van der Waals surface area (Å²) in [5, 5.41) is 36.2. The van der Waals surface area contributed by atoms with Crippen molar-refractivity contribution in [1.82, 2.24) is 0 Å². The molecule has 0 saturated carbocycles. The smallest absolute Gasteiger partial charge is 0.338 e. The lowest BCUT2D eigenvalue weighted by Gasteiger charge is -2.17. The topological polar surface area (TPSA) is 98.0 Å². The summed E-state index contributed by atoms with van der Waals surface area (Å²) in [5.74, 6) is -2.38. The molecule has 0 aliphatic rings. The van der Waals surface area contributed by atoms with E-state index >= 15 is 0 Å². The molecule has 0 heterocycles. The Morgan fingerprint density at radius 3 is 2.47 bits per heavy atom. The zero-order chi connectivity index (χ0) is 13.0. The molecular formula is C11H13FO5. The number of hydrogen-bond donors (Lipinski definition) is 4. The van der Waals surface area contributed by atoms with Crippen molar-refractivity contribution < 1.29 is 29.6 Å². The summed E-state index contributed by atoms with van der Waals surface area (Å²) in [4.78, 5) is 10.6. The molecule has 6 heteroatoms. The van der Waals surface area contributed by atoms with E-state index in [2.05, 4.69) is 0 Å². The summed E-state index contributed by atoms with van der Waals surface area (Å²) in [6.45, 7) is -0.312. The van der Waals surface area contributed by atoms with E-state index in [1.807, 2.05) is 0 Å². The standard InChI is InChI=1S/C11H13FO5/c12-8-5-6(1-2-7(8)11(16)17)10(15)9(14)3-4-13/h1-2,5,9-10,13-15H,3-4H2,(H,16,17). The van der Waals surface area contributed by atoms with E-state index in [4.69, 9.17) is 10.2 Å². The number of hydrogen-bond acceptors (Lipinski definition) is 4. The molecule has 5 nitrogen and oxygen atoms in total. The van der Waals surface area contributed by atoms with Gasteiger partial charge in [-0.2, -0.15) is 0 Å². The second kappa shape index (κ2) is 5.72. The van der Waals surface area contributed by atoms with Gasteiger partial charge < -0.3 is 20.4 Å². The summed E-state index contributed by atoms with van der Waals surface area (Å²) < 4.78 is 13.3. The van der Waals surface area contributed by atoms with Crippen LogP contribution in [0.2, 0.25) is 0 Å². The lowest BCUT2D eigenvalue weighted by atomic mass is 10.0. The van der Waals surface area contributed by atoms with Gasteiger partial charge in [0.1, 0.15) is 11.9 Å². The number of carboxylic acid groups (broad SMARTS) is 1. The fraction of sp³-hybridized carbons (Fsp3) is 0.364. The second-order valence-electron chi connectivity index (χ2n) is 3.57. The van der Waals surface area contributed by atoms with Gasteiger partial charge in [0.25, 0.3) is 0 Å². The van der Waals surface area contributed by atoms with Crippen LogP contribution < -0.4 is 0 Å². The quantitative estimate of drug-likeness (QED) is 0.597. The van der Waals surface area contributed by atoms with Crippen LogP contribution in [0.25, 0.3) is 0 Å². The minimum Gasteiger partial charge on any atom is -0.478 e. The maximum absolute atomic E-state index is 13.3. The van der Waals surface area contributed by atoms with Crippen LogP contribution in [0.3, 0.4) is 0 Å². The van der Waals surface area contributed by atoms with Crippen molar-refractivity contribution in [2.45, 2.75) is 18.6 Å². The molecule has 1 aromatic carbocycles. The molecule has 2 unspecified atom stereocenters. The minimum absolute atomic E-state index is 0.0521. The summed E-state index contributed by atoms with van der Waals surface area (Å²) in [6, 6.07) is 3.09. The molecule has 4 N–H and O–H groups in total.